The van der Waals surface area contributed by atoms with E-state index in [0.29, 0.717) is 23.4 Å². The van der Waals surface area contributed by atoms with Crippen molar-refractivity contribution in [1.29, 1.82) is 0 Å². The van der Waals surface area contributed by atoms with Gasteiger partial charge in [0.25, 0.3) is 0 Å². The van der Waals surface area contributed by atoms with Crippen LogP contribution in [-0.4, -0.2) is 16.5 Å². The lowest BCUT2D eigenvalue weighted by Crippen LogP contribution is -2.37. The largest absolute Gasteiger partial charge is 0.451 e. The van der Waals surface area contributed by atoms with Gasteiger partial charge in [-0.3, -0.25) is 4.79 Å². The van der Waals surface area contributed by atoms with Crippen molar-refractivity contribution in [3.8, 4) is 0 Å². The molecule has 1 saturated carbocycles. The Morgan fingerprint density at radius 2 is 1.90 bits per heavy atom. The van der Waals surface area contributed by atoms with Gasteiger partial charge in [0.15, 0.2) is 11.3 Å². The van der Waals surface area contributed by atoms with Gasteiger partial charge in [0.1, 0.15) is 5.60 Å². The molecule has 4 heteroatoms. The van der Waals surface area contributed by atoms with Crippen LogP contribution in [0.5, 0.6) is 0 Å². The number of carbonyl (C=O) groups is 1. The summed E-state index contributed by atoms with van der Waals surface area (Å²) in [6.45, 7) is 0. The third-order valence-corrected chi connectivity index (χ3v) is 4.37. The van der Waals surface area contributed by atoms with Gasteiger partial charge in [-0.2, -0.15) is 0 Å². The normalized spacial score (nSPS) is 18.9. The lowest BCUT2D eigenvalue weighted by Gasteiger charge is -2.23. The molecular formula is C16H17ClO3. The molecule has 0 radical (unpaired) electrons. The third-order valence-electron chi connectivity index (χ3n) is 4.07. The monoisotopic (exact) mass is 292 g/mol. The van der Waals surface area contributed by atoms with E-state index in [2.05, 4.69) is 0 Å². The Morgan fingerprint density at radius 1 is 1.20 bits per heavy atom. The van der Waals surface area contributed by atoms with Gasteiger partial charge in [-0.1, -0.05) is 49.4 Å². The minimum Gasteiger partial charge on any atom is -0.451 e. The fraction of sp³-hybridized carbons (Fsp3) is 0.438. The topological polar surface area (TPSA) is 50.4 Å². The molecule has 0 unspecified atom stereocenters. The molecule has 106 valence electrons. The van der Waals surface area contributed by atoms with E-state index < -0.39 is 5.60 Å². The number of hydrogen-bond acceptors (Lipinski definition) is 3. The first-order valence-corrected chi connectivity index (χ1v) is 7.43. The summed E-state index contributed by atoms with van der Waals surface area (Å²) >= 11 is 6.05. The van der Waals surface area contributed by atoms with Crippen LogP contribution < -0.4 is 0 Å². The molecule has 0 amide bonds. The number of aliphatic hydroxyl groups is 1. The molecule has 3 nitrogen and oxygen atoms in total. The lowest BCUT2D eigenvalue weighted by atomic mass is 9.88. The zero-order chi connectivity index (χ0) is 14.2. The van der Waals surface area contributed by atoms with Crippen molar-refractivity contribution in [3.05, 3.63) is 35.0 Å². The molecule has 0 saturated heterocycles. The third kappa shape index (κ3) is 2.36. The van der Waals surface area contributed by atoms with Gasteiger partial charge in [-0.25, -0.2) is 0 Å². The summed E-state index contributed by atoms with van der Waals surface area (Å²) in [5, 5.41) is 11.9. The summed E-state index contributed by atoms with van der Waals surface area (Å²) in [6, 6.07) is 7.06. The van der Waals surface area contributed by atoms with Gasteiger partial charge in [-0.05, 0) is 25.0 Å². The van der Waals surface area contributed by atoms with E-state index in [1.54, 1.807) is 12.1 Å². The van der Waals surface area contributed by atoms with Gasteiger partial charge in [-0.15, -0.1) is 0 Å². The van der Waals surface area contributed by atoms with E-state index in [-0.39, 0.29) is 11.5 Å². The molecule has 1 aromatic carbocycles. The number of carbonyl (C=O) groups excluding carboxylic acids is 1. The van der Waals surface area contributed by atoms with Crippen LogP contribution in [0.3, 0.4) is 0 Å². The SMILES string of the molecule is O=C(c1cc2cccc(Cl)c2o1)C1(O)CCCCCC1. The van der Waals surface area contributed by atoms with Crippen LogP contribution in [0.25, 0.3) is 11.0 Å². The highest BCUT2D eigenvalue weighted by molar-refractivity contribution is 6.34. The van der Waals surface area contributed by atoms with Crippen molar-refractivity contribution in [2.45, 2.75) is 44.1 Å². The van der Waals surface area contributed by atoms with Crippen LogP contribution in [0.4, 0.5) is 0 Å². The number of para-hydroxylation sites is 1. The van der Waals surface area contributed by atoms with E-state index in [9.17, 15) is 9.90 Å². The Kier molecular flexibility index (Phi) is 3.57. The Labute approximate surface area is 122 Å². The first kappa shape index (κ1) is 13.7. The number of Topliss-reactive ketones (excluding diaryl/α,β-unsaturated/α-hetero) is 1. The smallest absolute Gasteiger partial charge is 0.229 e. The Morgan fingerprint density at radius 3 is 2.55 bits per heavy atom. The zero-order valence-electron chi connectivity index (χ0n) is 11.2. The lowest BCUT2D eigenvalue weighted by molar-refractivity contribution is 0.0214. The van der Waals surface area contributed by atoms with Crippen LogP contribution >= 0.6 is 11.6 Å². The fourth-order valence-electron chi connectivity index (χ4n) is 2.91. The summed E-state index contributed by atoms with van der Waals surface area (Å²) < 4.78 is 5.58. The van der Waals surface area contributed by atoms with Gasteiger partial charge in [0, 0.05) is 5.39 Å². The number of halogens is 1. The second-order valence-electron chi connectivity index (χ2n) is 5.54. The maximum atomic E-state index is 12.6. The van der Waals surface area contributed by atoms with Crippen molar-refractivity contribution in [2.24, 2.45) is 0 Å². The maximum absolute atomic E-state index is 12.6. The minimum absolute atomic E-state index is 0.206. The van der Waals surface area contributed by atoms with Gasteiger partial charge < -0.3 is 9.52 Å². The van der Waals surface area contributed by atoms with E-state index in [1.807, 2.05) is 12.1 Å². The Bertz CT molecular complexity index is 636. The molecule has 1 N–H and O–H groups in total. The molecule has 0 aliphatic heterocycles. The first-order chi connectivity index (χ1) is 9.60. The molecule has 3 rings (SSSR count). The van der Waals surface area contributed by atoms with Crippen LogP contribution in [-0.2, 0) is 0 Å². The van der Waals surface area contributed by atoms with Crippen molar-refractivity contribution >= 4 is 28.4 Å². The maximum Gasteiger partial charge on any atom is 0.229 e. The summed E-state index contributed by atoms with van der Waals surface area (Å²) in [6.07, 6.45) is 4.92. The average molecular weight is 293 g/mol. The zero-order valence-corrected chi connectivity index (χ0v) is 11.9. The van der Waals surface area contributed by atoms with Crippen molar-refractivity contribution in [1.82, 2.24) is 0 Å². The fourth-order valence-corrected chi connectivity index (χ4v) is 3.13. The van der Waals surface area contributed by atoms with Crippen molar-refractivity contribution < 1.29 is 14.3 Å². The van der Waals surface area contributed by atoms with Gasteiger partial charge in [0.2, 0.25) is 5.78 Å². The summed E-state index contributed by atoms with van der Waals surface area (Å²) in [5.74, 6) is -0.107. The quantitative estimate of drug-likeness (QED) is 0.661. The standard InChI is InChI=1S/C16H17ClO3/c17-12-7-5-6-11-10-13(20-14(11)12)15(18)16(19)8-3-1-2-4-9-16/h5-7,10,19H,1-4,8-9H2. The number of hydrogen-bond donors (Lipinski definition) is 1. The van der Waals surface area contributed by atoms with Gasteiger partial charge in [0.05, 0.1) is 5.02 Å². The molecule has 20 heavy (non-hydrogen) atoms. The van der Waals surface area contributed by atoms with E-state index in [0.717, 1.165) is 31.1 Å². The van der Waals surface area contributed by atoms with Crippen LogP contribution in [0.15, 0.2) is 28.7 Å². The summed E-state index contributed by atoms with van der Waals surface area (Å²) in [5.41, 5.74) is -0.772. The van der Waals surface area contributed by atoms with Crippen LogP contribution in [0.2, 0.25) is 5.02 Å². The van der Waals surface area contributed by atoms with E-state index in [4.69, 9.17) is 16.0 Å². The molecule has 2 aromatic rings. The number of ketones is 1. The molecular weight excluding hydrogens is 276 g/mol. The summed E-state index contributed by atoms with van der Waals surface area (Å²) in [4.78, 5) is 12.6. The molecule has 1 aliphatic carbocycles. The number of furan rings is 1. The van der Waals surface area contributed by atoms with E-state index in [1.165, 1.54) is 0 Å². The second kappa shape index (κ2) is 5.23. The van der Waals surface area contributed by atoms with Crippen molar-refractivity contribution in [2.75, 3.05) is 0 Å². The van der Waals surface area contributed by atoms with Crippen LogP contribution in [0, 0.1) is 0 Å². The van der Waals surface area contributed by atoms with Crippen molar-refractivity contribution in [3.63, 3.8) is 0 Å². The van der Waals surface area contributed by atoms with E-state index >= 15 is 0 Å². The average Bonchev–Trinajstić information content (AvgIpc) is 2.75. The molecule has 0 spiro atoms. The van der Waals surface area contributed by atoms with Crippen LogP contribution in [0.1, 0.15) is 49.1 Å². The highest BCUT2D eigenvalue weighted by Gasteiger charge is 2.38. The van der Waals surface area contributed by atoms with Gasteiger partial charge >= 0.3 is 0 Å². The molecule has 1 fully saturated rings. The molecule has 1 aromatic heterocycles. The molecule has 0 bridgehead atoms. The molecule has 0 atom stereocenters. The Balaban J connectivity index is 1.97. The second-order valence-corrected chi connectivity index (χ2v) is 5.95. The predicted molar refractivity (Wildman–Crippen MR) is 78.2 cm³/mol. The summed E-state index contributed by atoms with van der Waals surface area (Å²) in [7, 11) is 0. The highest BCUT2D eigenvalue weighted by atomic mass is 35.5. The molecule has 1 heterocycles. The molecule has 1 aliphatic rings. The number of rotatable bonds is 2. The first-order valence-electron chi connectivity index (χ1n) is 7.05. The Hall–Kier alpha value is -1.32. The predicted octanol–water partition coefficient (Wildman–Crippen LogP) is 4.35. The number of benzene rings is 1. The number of fused-ring (bicyclic) bond motifs is 1. The minimum atomic E-state index is -1.28. The highest BCUT2D eigenvalue weighted by Crippen LogP contribution is 2.33.